The molecule has 0 aromatic heterocycles. The number of benzene rings is 2. The maximum absolute atomic E-state index is 6.14. The zero-order valence-electron chi connectivity index (χ0n) is 13.9. The van der Waals surface area contributed by atoms with Gasteiger partial charge in [0.05, 0.1) is 21.7 Å². The third kappa shape index (κ3) is 5.24. The van der Waals surface area contributed by atoms with E-state index < -0.39 is 0 Å². The van der Waals surface area contributed by atoms with Gasteiger partial charge in [-0.25, -0.2) is 0 Å². The fraction of sp³-hybridized carbons (Fsp3) is 0.316. The van der Waals surface area contributed by atoms with Crippen LogP contribution in [0.4, 0.5) is 0 Å². The predicted molar refractivity (Wildman–Crippen MR) is 111 cm³/mol. The molecule has 2 aromatic rings. The molecule has 1 aliphatic rings. The molecule has 0 amide bonds. The summed E-state index contributed by atoms with van der Waals surface area (Å²) in [6.45, 7) is 1.84. The van der Waals surface area contributed by atoms with E-state index >= 15 is 0 Å². The van der Waals surface area contributed by atoms with Crippen LogP contribution in [0.5, 0.6) is 5.75 Å². The summed E-state index contributed by atoms with van der Waals surface area (Å²) in [6, 6.07) is 10.8. The molecule has 1 saturated heterocycles. The molecule has 1 N–H and O–H groups in total. The SMILES string of the molecule is S=C(NC[C@@H]1CCCO1)c1cc(Cl)ccc1OCc1ccc(Cl)c(Cl)c1. The number of nitrogens with one attached hydrogen (secondary N) is 1. The van der Waals surface area contributed by atoms with E-state index in [0.717, 1.165) is 30.6 Å². The zero-order chi connectivity index (χ0) is 18.5. The molecule has 1 fully saturated rings. The van der Waals surface area contributed by atoms with E-state index in [1.165, 1.54) is 0 Å². The number of halogens is 3. The van der Waals surface area contributed by atoms with Crippen molar-refractivity contribution in [3.05, 3.63) is 62.6 Å². The Morgan fingerprint density at radius 2 is 2.00 bits per heavy atom. The minimum atomic E-state index is 0.202. The average molecular weight is 431 g/mol. The van der Waals surface area contributed by atoms with Gasteiger partial charge in [-0.3, -0.25) is 0 Å². The molecular weight excluding hydrogens is 413 g/mol. The maximum Gasteiger partial charge on any atom is 0.130 e. The second-order valence-corrected chi connectivity index (χ2v) is 7.68. The van der Waals surface area contributed by atoms with Gasteiger partial charge in [0, 0.05) is 18.2 Å². The monoisotopic (exact) mass is 429 g/mol. The van der Waals surface area contributed by atoms with E-state index in [-0.39, 0.29) is 6.10 Å². The fourth-order valence-electron chi connectivity index (χ4n) is 2.70. The second kappa shape index (κ2) is 9.25. The fourth-order valence-corrected chi connectivity index (χ4v) is 3.44. The maximum atomic E-state index is 6.14. The summed E-state index contributed by atoms with van der Waals surface area (Å²) in [6.07, 6.45) is 2.34. The molecule has 26 heavy (non-hydrogen) atoms. The zero-order valence-corrected chi connectivity index (χ0v) is 17.0. The lowest BCUT2D eigenvalue weighted by Gasteiger charge is -2.16. The summed E-state index contributed by atoms with van der Waals surface area (Å²) >= 11 is 23.7. The Morgan fingerprint density at radius 1 is 1.15 bits per heavy atom. The molecule has 0 spiro atoms. The highest BCUT2D eigenvalue weighted by Gasteiger charge is 2.17. The van der Waals surface area contributed by atoms with Gasteiger partial charge in [0.2, 0.25) is 0 Å². The summed E-state index contributed by atoms with van der Waals surface area (Å²) in [5.41, 5.74) is 1.67. The minimum absolute atomic E-state index is 0.202. The van der Waals surface area contributed by atoms with Gasteiger partial charge >= 0.3 is 0 Å². The largest absolute Gasteiger partial charge is 0.488 e. The Kier molecular flexibility index (Phi) is 7.01. The first kappa shape index (κ1) is 19.7. The number of ether oxygens (including phenoxy) is 2. The van der Waals surface area contributed by atoms with Crippen molar-refractivity contribution in [1.82, 2.24) is 5.32 Å². The van der Waals surface area contributed by atoms with Crippen LogP contribution in [0.15, 0.2) is 36.4 Å². The van der Waals surface area contributed by atoms with Gasteiger partial charge in [-0.1, -0.05) is 53.1 Å². The predicted octanol–water partition coefficient (Wildman–Crippen LogP) is 5.67. The van der Waals surface area contributed by atoms with Crippen LogP contribution in [0.3, 0.4) is 0 Å². The number of hydrogen-bond acceptors (Lipinski definition) is 3. The number of rotatable bonds is 6. The quantitative estimate of drug-likeness (QED) is 0.598. The number of thiocarbonyl (C=S) groups is 1. The molecule has 3 nitrogen and oxygen atoms in total. The average Bonchev–Trinajstić information content (AvgIpc) is 3.15. The molecule has 0 radical (unpaired) electrons. The highest BCUT2D eigenvalue weighted by molar-refractivity contribution is 7.80. The third-order valence-electron chi connectivity index (χ3n) is 4.08. The van der Waals surface area contributed by atoms with Crippen molar-refractivity contribution in [1.29, 1.82) is 0 Å². The molecule has 1 atom stereocenters. The van der Waals surface area contributed by atoms with Crippen molar-refractivity contribution in [2.45, 2.75) is 25.6 Å². The summed E-state index contributed by atoms with van der Waals surface area (Å²) < 4.78 is 11.6. The van der Waals surface area contributed by atoms with Crippen molar-refractivity contribution >= 4 is 52.0 Å². The van der Waals surface area contributed by atoms with Crippen molar-refractivity contribution < 1.29 is 9.47 Å². The molecule has 2 aromatic carbocycles. The molecule has 0 aliphatic carbocycles. The van der Waals surface area contributed by atoms with Gasteiger partial charge in [-0.2, -0.15) is 0 Å². The normalized spacial score (nSPS) is 16.5. The third-order valence-corrected chi connectivity index (χ3v) is 5.42. The van der Waals surface area contributed by atoms with Crippen molar-refractivity contribution in [3.63, 3.8) is 0 Å². The first-order chi connectivity index (χ1) is 12.5. The van der Waals surface area contributed by atoms with E-state index in [9.17, 15) is 0 Å². The summed E-state index contributed by atoms with van der Waals surface area (Å²) in [4.78, 5) is 0.590. The van der Waals surface area contributed by atoms with Crippen LogP contribution in [0.25, 0.3) is 0 Å². The van der Waals surface area contributed by atoms with Crippen LogP contribution in [0, 0.1) is 0 Å². The molecule has 0 unspecified atom stereocenters. The van der Waals surface area contributed by atoms with Gasteiger partial charge in [0.25, 0.3) is 0 Å². The molecule has 1 heterocycles. The van der Waals surface area contributed by atoms with Crippen molar-refractivity contribution in [2.24, 2.45) is 0 Å². The highest BCUT2D eigenvalue weighted by atomic mass is 35.5. The Balaban J connectivity index is 1.68. The lowest BCUT2D eigenvalue weighted by Crippen LogP contribution is -2.31. The molecule has 0 bridgehead atoms. The Labute approximate surface area is 173 Å². The van der Waals surface area contributed by atoms with E-state index in [0.29, 0.717) is 39.0 Å². The van der Waals surface area contributed by atoms with Crippen LogP contribution in [-0.4, -0.2) is 24.2 Å². The summed E-state index contributed by atoms with van der Waals surface area (Å²) in [5, 5.41) is 4.87. The van der Waals surface area contributed by atoms with Crippen LogP contribution in [0.1, 0.15) is 24.0 Å². The molecule has 138 valence electrons. The van der Waals surface area contributed by atoms with Crippen LogP contribution in [-0.2, 0) is 11.3 Å². The van der Waals surface area contributed by atoms with E-state index in [4.69, 9.17) is 56.5 Å². The minimum Gasteiger partial charge on any atom is -0.488 e. The first-order valence-corrected chi connectivity index (χ1v) is 9.83. The Bertz CT molecular complexity index is 794. The smallest absolute Gasteiger partial charge is 0.130 e. The Morgan fingerprint density at radius 3 is 2.73 bits per heavy atom. The number of hydrogen-bond donors (Lipinski definition) is 1. The molecular formula is C19H18Cl3NO2S. The van der Waals surface area contributed by atoms with Gasteiger partial charge in [-0.05, 0) is 48.7 Å². The topological polar surface area (TPSA) is 30.5 Å². The van der Waals surface area contributed by atoms with Crippen molar-refractivity contribution in [3.8, 4) is 5.75 Å². The first-order valence-electron chi connectivity index (χ1n) is 8.29. The summed E-state index contributed by atoms with van der Waals surface area (Å²) in [5.74, 6) is 0.658. The Hall–Kier alpha value is -1.04. The highest BCUT2D eigenvalue weighted by Crippen LogP contribution is 2.26. The van der Waals surface area contributed by atoms with E-state index in [2.05, 4.69) is 5.32 Å². The lowest BCUT2D eigenvalue weighted by atomic mass is 10.1. The molecule has 3 rings (SSSR count). The van der Waals surface area contributed by atoms with E-state index in [1.807, 2.05) is 12.1 Å². The van der Waals surface area contributed by atoms with Gasteiger partial charge in [0.15, 0.2) is 0 Å². The molecule has 1 aliphatic heterocycles. The standard InChI is InChI=1S/C19H18Cl3NO2S/c20-13-4-6-18(25-11-12-3-5-16(21)17(22)8-12)15(9-13)19(26)23-10-14-2-1-7-24-14/h3-6,8-9,14H,1-2,7,10-11H2,(H,23,26)/t14-/m0/s1. The second-order valence-electron chi connectivity index (χ2n) is 6.02. The van der Waals surface area contributed by atoms with Crippen LogP contribution in [0.2, 0.25) is 15.1 Å². The van der Waals surface area contributed by atoms with Gasteiger partial charge < -0.3 is 14.8 Å². The molecule has 7 heteroatoms. The van der Waals surface area contributed by atoms with Crippen molar-refractivity contribution in [2.75, 3.05) is 13.2 Å². The lowest BCUT2D eigenvalue weighted by molar-refractivity contribution is 0.114. The van der Waals surface area contributed by atoms with E-state index in [1.54, 1.807) is 24.3 Å². The van der Waals surface area contributed by atoms with Gasteiger partial charge in [-0.15, -0.1) is 0 Å². The van der Waals surface area contributed by atoms with Crippen LogP contribution < -0.4 is 10.1 Å². The molecule has 0 saturated carbocycles. The van der Waals surface area contributed by atoms with Crippen LogP contribution >= 0.6 is 47.0 Å². The summed E-state index contributed by atoms with van der Waals surface area (Å²) in [7, 11) is 0. The van der Waals surface area contributed by atoms with Gasteiger partial charge in [0.1, 0.15) is 17.3 Å².